The second kappa shape index (κ2) is 6.83. The van der Waals surface area contributed by atoms with Crippen molar-refractivity contribution in [3.8, 4) is 5.75 Å². The first-order valence-electron chi connectivity index (χ1n) is 9.81. The van der Waals surface area contributed by atoms with Gasteiger partial charge in [-0.25, -0.2) is 0 Å². The molecule has 0 saturated heterocycles. The normalized spacial score (nSPS) is 34.3. The van der Waals surface area contributed by atoms with E-state index in [2.05, 4.69) is 6.58 Å². The van der Waals surface area contributed by atoms with E-state index in [1.807, 2.05) is 0 Å². The summed E-state index contributed by atoms with van der Waals surface area (Å²) in [6, 6.07) is 2.86. The highest BCUT2D eigenvalue weighted by molar-refractivity contribution is 6.33. The Morgan fingerprint density at radius 2 is 1.81 bits per heavy atom. The number of carbonyl (C=O) groups is 4. The van der Waals surface area contributed by atoms with Crippen molar-refractivity contribution in [1.82, 2.24) is 4.90 Å². The Labute approximate surface area is 182 Å². The molecule has 1 aromatic carbocycles. The highest BCUT2D eigenvalue weighted by Gasteiger charge is 2.71. The zero-order valence-electron chi connectivity index (χ0n) is 17.3. The second-order valence-electron chi connectivity index (χ2n) is 8.59. The minimum Gasteiger partial charge on any atom is -0.507 e. The van der Waals surface area contributed by atoms with Gasteiger partial charge in [0, 0.05) is 5.92 Å². The van der Waals surface area contributed by atoms with E-state index in [4.69, 9.17) is 5.73 Å². The van der Waals surface area contributed by atoms with Crippen molar-refractivity contribution < 1.29 is 39.6 Å². The number of rotatable bonds is 2. The zero-order valence-corrected chi connectivity index (χ0v) is 17.3. The van der Waals surface area contributed by atoms with Crippen LogP contribution >= 0.6 is 0 Å². The number of carbonyl (C=O) groups excluding carboxylic acids is 4. The number of nitrogens with zero attached hydrogens (tertiary/aromatic N) is 1. The summed E-state index contributed by atoms with van der Waals surface area (Å²) in [5.41, 5.74) is 1.98. The van der Waals surface area contributed by atoms with Crippen LogP contribution in [0.15, 0.2) is 30.4 Å². The van der Waals surface area contributed by atoms with Crippen LogP contribution in [0.4, 0.5) is 0 Å². The number of Topliss-reactive ketones (excluding diaryl/α,β-unsaturated/α-hetero) is 3. The fraction of sp³-hybridized carbons (Fsp3) is 0.364. The number of ketones is 3. The number of benzene rings is 1. The van der Waals surface area contributed by atoms with Crippen molar-refractivity contribution in [2.75, 3.05) is 14.1 Å². The second-order valence-corrected chi connectivity index (χ2v) is 8.59. The molecule has 4 rings (SSSR count). The van der Waals surface area contributed by atoms with Crippen molar-refractivity contribution >= 4 is 34.6 Å². The molecule has 2 saturated carbocycles. The van der Waals surface area contributed by atoms with E-state index in [0.29, 0.717) is 0 Å². The number of aromatic hydroxyl groups is 1. The van der Waals surface area contributed by atoms with Gasteiger partial charge in [0.1, 0.15) is 11.5 Å². The van der Waals surface area contributed by atoms with Crippen LogP contribution in [0.3, 0.4) is 0 Å². The zero-order chi connectivity index (χ0) is 23.9. The van der Waals surface area contributed by atoms with Gasteiger partial charge in [-0.3, -0.25) is 24.1 Å². The number of hydrogen-bond donors (Lipinski definition) is 5. The number of phenolic OH excluding ortho intramolecular Hbond substituents is 1. The quantitative estimate of drug-likeness (QED) is 0.351. The average molecular weight is 442 g/mol. The maximum atomic E-state index is 13.6. The Bertz CT molecular complexity index is 1150. The molecule has 10 nitrogen and oxygen atoms in total. The molecule has 3 aliphatic rings. The minimum atomic E-state index is -3.01. The third-order valence-electron chi connectivity index (χ3n) is 6.74. The summed E-state index contributed by atoms with van der Waals surface area (Å²) in [5, 5.41) is 43.9. The van der Waals surface area contributed by atoms with Crippen LogP contribution in [-0.2, 0) is 19.2 Å². The van der Waals surface area contributed by atoms with Gasteiger partial charge in [-0.05, 0) is 31.3 Å². The number of aliphatic hydroxyl groups is 3. The standard InChI is InChI=1S/C22H22N2O8/c1-7-8-5-4-6-9(25)11(8)16(26)12-10(7)17(27)14-15(24(2)3)18(28)13(21(23)31)20(30)22(14,32)19(12)29/h4-6,10,13-15,17,25-27,32H,1H2,2-3H3,(H2,23,31)/t10-,13?,14-,15+,17+,22+/m1/s1. The van der Waals surface area contributed by atoms with Gasteiger partial charge >= 0.3 is 0 Å². The van der Waals surface area contributed by atoms with Crippen LogP contribution in [0.25, 0.3) is 11.3 Å². The number of fused-ring (bicyclic) bond motifs is 3. The molecule has 0 radical (unpaired) electrons. The van der Waals surface area contributed by atoms with Gasteiger partial charge in [0.05, 0.1) is 29.2 Å². The van der Waals surface area contributed by atoms with Gasteiger partial charge in [0.15, 0.2) is 23.1 Å². The van der Waals surface area contributed by atoms with Crippen LogP contribution in [0.1, 0.15) is 11.1 Å². The van der Waals surface area contributed by atoms with E-state index in [-0.39, 0.29) is 22.4 Å². The first-order chi connectivity index (χ1) is 14.9. The number of nitrogens with two attached hydrogens (primary N) is 1. The molecule has 0 aliphatic heterocycles. The Hall–Kier alpha value is -3.34. The maximum Gasteiger partial charge on any atom is 0.235 e. The average Bonchev–Trinajstić information content (AvgIpc) is 2.70. The third-order valence-corrected chi connectivity index (χ3v) is 6.74. The molecule has 3 aliphatic carbocycles. The van der Waals surface area contributed by atoms with E-state index >= 15 is 0 Å². The number of likely N-dealkylation sites (N-methyl/N-ethyl adjacent to an activating group) is 1. The first kappa shape index (κ1) is 21.9. The highest BCUT2D eigenvalue weighted by Crippen LogP contribution is 2.54. The van der Waals surface area contributed by atoms with E-state index < -0.39 is 70.1 Å². The molecule has 1 aromatic rings. The lowest BCUT2D eigenvalue weighted by atomic mass is 9.53. The van der Waals surface area contributed by atoms with Crippen molar-refractivity contribution in [3.63, 3.8) is 0 Å². The number of phenols is 1. The van der Waals surface area contributed by atoms with Crippen molar-refractivity contribution in [3.05, 3.63) is 41.5 Å². The summed E-state index contributed by atoms with van der Waals surface area (Å²) < 4.78 is 0. The van der Waals surface area contributed by atoms with Gasteiger partial charge in [0.2, 0.25) is 11.7 Å². The molecule has 0 heterocycles. The Morgan fingerprint density at radius 3 is 2.38 bits per heavy atom. The predicted molar refractivity (Wildman–Crippen MR) is 110 cm³/mol. The molecule has 2 fully saturated rings. The van der Waals surface area contributed by atoms with Gasteiger partial charge in [-0.1, -0.05) is 18.7 Å². The molecule has 168 valence electrons. The molecule has 1 amide bonds. The minimum absolute atomic E-state index is 0.138. The topological polar surface area (TPSA) is 178 Å². The summed E-state index contributed by atoms with van der Waals surface area (Å²) in [4.78, 5) is 52.9. The molecule has 0 bridgehead atoms. The number of aliphatic hydroxyl groups excluding tert-OH is 2. The molecule has 1 unspecified atom stereocenters. The molecular weight excluding hydrogens is 420 g/mol. The molecule has 6 atom stereocenters. The van der Waals surface area contributed by atoms with Crippen LogP contribution in [0, 0.1) is 17.8 Å². The van der Waals surface area contributed by atoms with Crippen LogP contribution in [-0.4, -0.2) is 80.4 Å². The van der Waals surface area contributed by atoms with E-state index in [9.17, 15) is 39.6 Å². The fourth-order valence-electron chi connectivity index (χ4n) is 5.35. The lowest BCUT2D eigenvalue weighted by Gasteiger charge is -2.53. The number of primary amides is 1. The van der Waals surface area contributed by atoms with E-state index in [0.717, 1.165) is 0 Å². The lowest BCUT2D eigenvalue weighted by molar-refractivity contribution is -0.185. The molecule has 0 spiro atoms. The van der Waals surface area contributed by atoms with Gasteiger partial charge in [-0.2, -0.15) is 0 Å². The third kappa shape index (κ3) is 2.45. The summed E-state index contributed by atoms with van der Waals surface area (Å²) in [6.07, 6.45) is -1.72. The summed E-state index contributed by atoms with van der Waals surface area (Å²) in [7, 11) is 2.86. The molecular formula is C22H22N2O8. The fourth-order valence-corrected chi connectivity index (χ4v) is 5.35. The summed E-state index contributed by atoms with van der Waals surface area (Å²) in [6.45, 7) is 3.90. The van der Waals surface area contributed by atoms with Gasteiger partial charge in [-0.15, -0.1) is 0 Å². The Morgan fingerprint density at radius 1 is 1.19 bits per heavy atom. The molecule has 10 heteroatoms. The summed E-state index contributed by atoms with van der Waals surface area (Å²) >= 11 is 0. The van der Waals surface area contributed by atoms with Crippen LogP contribution < -0.4 is 5.73 Å². The number of amides is 1. The molecule has 0 aromatic heterocycles. The van der Waals surface area contributed by atoms with Gasteiger partial charge < -0.3 is 26.2 Å². The number of hydrogen-bond acceptors (Lipinski definition) is 9. The smallest absolute Gasteiger partial charge is 0.235 e. The summed E-state index contributed by atoms with van der Waals surface area (Å²) in [5.74, 6) is -11.1. The monoisotopic (exact) mass is 442 g/mol. The van der Waals surface area contributed by atoms with Crippen LogP contribution in [0.2, 0.25) is 0 Å². The highest BCUT2D eigenvalue weighted by atomic mass is 16.3. The van der Waals surface area contributed by atoms with Crippen molar-refractivity contribution in [2.24, 2.45) is 23.5 Å². The van der Waals surface area contributed by atoms with Crippen molar-refractivity contribution in [1.29, 1.82) is 0 Å². The maximum absolute atomic E-state index is 13.6. The van der Waals surface area contributed by atoms with Crippen molar-refractivity contribution in [2.45, 2.75) is 17.7 Å². The lowest BCUT2D eigenvalue weighted by Crippen LogP contribution is -2.75. The van der Waals surface area contributed by atoms with E-state index in [1.165, 1.54) is 37.2 Å². The Balaban J connectivity index is 2.03. The largest absolute Gasteiger partial charge is 0.507 e. The van der Waals surface area contributed by atoms with E-state index in [1.54, 1.807) is 0 Å². The first-order valence-corrected chi connectivity index (χ1v) is 9.81. The Kier molecular flexibility index (Phi) is 4.67. The SMILES string of the molecule is C=C1c2cccc(O)c2C(O)=C2C(=O)[C@]3(O)C(=O)C(C(N)=O)C(=O)[C@@H](N(C)C)[C@@H]3[C@@H](O)[C@H]12. The predicted octanol–water partition coefficient (Wildman–Crippen LogP) is -1.22. The molecule has 32 heavy (non-hydrogen) atoms. The molecule has 6 N–H and O–H groups in total. The van der Waals surface area contributed by atoms with Crippen LogP contribution in [0.5, 0.6) is 5.75 Å². The van der Waals surface area contributed by atoms with Gasteiger partial charge in [0.25, 0.3) is 0 Å².